The number of hydrogen-bond acceptors (Lipinski definition) is 2. The third kappa shape index (κ3) is 3.11. The SMILES string of the molecule is CCC(CCS)[Si]1CCCCO1. The lowest BCUT2D eigenvalue weighted by Gasteiger charge is -2.27. The fourth-order valence-corrected chi connectivity index (χ4v) is 5.02. The van der Waals surface area contributed by atoms with Crippen LogP contribution in [0.15, 0.2) is 0 Å². The van der Waals surface area contributed by atoms with Crippen LogP contribution in [0.2, 0.25) is 11.6 Å². The Kier molecular flexibility index (Phi) is 5.35. The van der Waals surface area contributed by atoms with Crippen LogP contribution in [-0.4, -0.2) is 21.4 Å². The van der Waals surface area contributed by atoms with Gasteiger partial charge in [0.1, 0.15) is 0 Å². The lowest BCUT2D eigenvalue weighted by atomic mass is 10.3. The molecule has 1 heterocycles. The van der Waals surface area contributed by atoms with Crippen molar-refractivity contribution in [1.29, 1.82) is 0 Å². The average molecular weight is 203 g/mol. The van der Waals surface area contributed by atoms with Crippen LogP contribution >= 0.6 is 12.6 Å². The Labute approximate surface area is 83.0 Å². The fourth-order valence-electron chi connectivity index (χ4n) is 1.75. The maximum Gasteiger partial charge on any atom is 0.214 e. The first kappa shape index (κ1) is 10.6. The number of hydrogen-bond donors (Lipinski definition) is 1. The zero-order chi connectivity index (χ0) is 8.81. The van der Waals surface area contributed by atoms with Gasteiger partial charge in [-0.25, -0.2) is 0 Å². The Morgan fingerprint density at radius 2 is 2.33 bits per heavy atom. The molecule has 0 amide bonds. The Morgan fingerprint density at radius 1 is 1.50 bits per heavy atom. The van der Waals surface area contributed by atoms with Crippen LogP contribution in [0.25, 0.3) is 0 Å². The first-order valence-corrected chi connectivity index (χ1v) is 7.30. The second-order valence-corrected chi connectivity index (χ2v) is 6.37. The molecule has 1 rings (SSSR count). The summed E-state index contributed by atoms with van der Waals surface area (Å²) >= 11 is 4.29. The molecule has 0 spiro atoms. The highest BCUT2D eigenvalue weighted by molar-refractivity contribution is 7.80. The summed E-state index contributed by atoms with van der Waals surface area (Å²) in [6.07, 6.45) is 5.23. The zero-order valence-corrected chi connectivity index (χ0v) is 9.78. The smallest absolute Gasteiger partial charge is 0.214 e. The molecule has 0 aromatic heterocycles. The van der Waals surface area contributed by atoms with Crippen molar-refractivity contribution in [2.75, 3.05) is 12.4 Å². The van der Waals surface area contributed by atoms with Gasteiger partial charge < -0.3 is 4.43 Å². The maximum atomic E-state index is 5.85. The van der Waals surface area contributed by atoms with Crippen molar-refractivity contribution in [3.63, 3.8) is 0 Å². The van der Waals surface area contributed by atoms with Gasteiger partial charge in [-0.3, -0.25) is 0 Å². The van der Waals surface area contributed by atoms with Gasteiger partial charge in [-0.2, -0.15) is 12.6 Å². The minimum atomic E-state index is -0.449. The predicted octanol–water partition coefficient (Wildman–Crippen LogP) is 2.89. The third-order valence-electron chi connectivity index (χ3n) is 2.53. The molecule has 1 atom stereocenters. The molecule has 0 bridgehead atoms. The van der Waals surface area contributed by atoms with Gasteiger partial charge >= 0.3 is 0 Å². The summed E-state index contributed by atoms with van der Waals surface area (Å²) in [5.74, 6) is 1.02. The summed E-state index contributed by atoms with van der Waals surface area (Å²) in [5, 5.41) is 0. The van der Waals surface area contributed by atoms with Crippen LogP contribution in [0, 0.1) is 0 Å². The molecule has 71 valence electrons. The van der Waals surface area contributed by atoms with Crippen molar-refractivity contribution in [2.45, 2.75) is 44.2 Å². The Morgan fingerprint density at radius 3 is 2.83 bits per heavy atom. The standard InChI is InChI=1S/C9H19OSSi/c1-2-9(5-7-11)12-8-4-3-6-10-12/h9,11H,2-8H2,1H3. The van der Waals surface area contributed by atoms with E-state index in [1.165, 1.54) is 31.7 Å². The highest BCUT2D eigenvalue weighted by Gasteiger charge is 2.25. The first-order valence-electron chi connectivity index (χ1n) is 4.97. The summed E-state index contributed by atoms with van der Waals surface area (Å²) < 4.78 is 5.85. The molecule has 1 unspecified atom stereocenters. The summed E-state index contributed by atoms with van der Waals surface area (Å²) in [6, 6.07) is 1.37. The minimum absolute atomic E-state index is 0.449. The van der Waals surface area contributed by atoms with Crippen LogP contribution < -0.4 is 0 Å². The first-order chi connectivity index (χ1) is 5.88. The number of thiol groups is 1. The summed E-state index contributed by atoms with van der Waals surface area (Å²) in [5.41, 5.74) is 0.854. The van der Waals surface area contributed by atoms with E-state index in [4.69, 9.17) is 4.43 Å². The van der Waals surface area contributed by atoms with E-state index in [1.807, 2.05) is 0 Å². The topological polar surface area (TPSA) is 9.23 Å². The second kappa shape index (κ2) is 6.05. The van der Waals surface area contributed by atoms with Crippen molar-refractivity contribution in [3.05, 3.63) is 0 Å². The van der Waals surface area contributed by atoms with Gasteiger partial charge in [-0.1, -0.05) is 19.8 Å². The normalized spacial score (nSPS) is 22.5. The van der Waals surface area contributed by atoms with Gasteiger partial charge in [-0.15, -0.1) is 0 Å². The Bertz CT molecular complexity index is 112. The molecule has 1 nitrogen and oxygen atoms in total. The van der Waals surface area contributed by atoms with E-state index in [0.717, 1.165) is 17.9 Å². The molecule has 12 heavy (non-hydrogen) atoms. The lowest BCUT2D eigenvalue weighted by Crippen LogP contribution is -2.28. The largest absolute Gasteiger partial charge is 0.416 e. The van der Waals surface area contributed by atoms with E-state index >= 15 is 0 Å². The van der Waals surface area contributed by atoms with E-state index in [9.17, 15) is 0 Å². The van der Waals surface area contributed by atoms with Crippen LogP contribution in [0.1, 0.15) is 32.6 Å². The fraction of sp³-hybridized carbons (Fsp3) is 1.00. The molecule has 1 fully saturated rings. The maximum absolute atomic E-state index is 5.85. The molecule has 0 aromatic rings. The van der Waals surface area contributed by atoms with E-state index in [2.05, 4.69) is 19.6 Å². The van der Waals surface area contributed by atoms with E-state index < -0.39 is 9.04 Å². The molecule has 0 saturated carbocycles. The van der Waals surface area contributed by atoms with E-state index in [-0.39, 0.29) is 0 Å². The zero-order valence-electron chi connectivity index (χ0n) is 7.88. The van der Waals surface area contributed by atoms with Crippen molar-refractivity contribution in [3.8, 4) is 0 Å². The molecule has 1 aliphatic heterocycles. The van der Waals surface area contributed by atoms with Gasteiger partial charge in [-0.05, 0) is 30.2 Å². The highest BCUT2D eigenvalue weighted by Crippen LogP contribution is 2.27. The monoisotopic (exact) mass is 203 g/mol. The van der Waals surface area contributed by atoms with Crippen LogP contribution in [0.5, 0.6) is 0 Å². The van der Waals surface area contributed by atoms with Crippen molar-refractivity contribution < 1.29 is 4.43 Å². The minimum Gasteiger partial charge on any atom is -0.416 e. The van der Waals surface area contributed by atoms with Gasteiger partial charge in [0.15, 0.2) is 0 Å². The molecular weight excluding hydrogens is 184 g/mol. The van der Waals surface area contributed by atoms with Crippen molar-refractivity contribution in [1.82, 2.24) is 0 Å². The van der Waals surface area contributed by atoms with Crippen molar-refractivity contribution >= 4 is 21.7 Å². The molecule has 1 radical (unpaired) electrons. The van der Waals surface area contributed by atoms with Crippen LogP contribution in [0.4, 0.5) is 0 Å². The van der Waals surface area contributed by atoms with Gasteiger partial charge in [0.25, 0.3) is 0 Å². The molecule has 3 heteroatoms. The molecule has 0 aromatic carbocycles. The number of rotatable bonds is 4. The average Bonchev–Trinajstić information content (AvgIpc) is 2.15. The third-order valence-corrected chi connectivity index (χ3v) is 5.82. The molecule has 0 N–H and O–H groups in total. The Hall–Kier alpha value is 0.527. The highest BCUT2D eigenvalue weighted by atomic mass is 32.1. The van der Waals surface area contributed by atoms with E-state index in [0.29, 0.717) is 0 Å². The summed E-state index contributed by atoms with van der Waals surface area (Å²) in [6.45, 7) is 3.31. The lowest BCUT2D eigenvalue weighted by molar-refractivity contribution is 0.277. The molecular formula is C9H19OSSi. The molecule has 1 saturated heterocycles. The molecule has 1 aliphatic rings. The summed E-state index contributed by atoms with van der Waals surface area (Å²) in [7, 11) is -0.449. The van der Waals surface area contributed by atoms with Gasteiger partial charge in [0.05, 0.1) is 0 Å². The van der Waals surface area contributed by atoms with Crippen LogP contribution in [-0.2, 0) is 4.43 Å². The second-order valence-electron chi connectivity index (χ2n) is 3.39. The van der Waals surface area contributed by atoms with E-state index in [1.54, 1.807) is 0 Å². The molecule has 0 aliphatic carbocycles. The Balaban J connectivity index is 2.29. The summed E-state index contributed by atoms with van der Waals surface area (Å²) in [4.78, 5) is 0. The quantitative estimate of drug-likeness (QED) is 0.546. The van der Waals surface area contributed by atoms with Gasteiger partial charge in [0, 0.05) is 6.61 Å². The van der Waals surface area contributed by atoms with Gasteiger partial charge in [0.2, 0.25) is 9.04 Å². The van der Waals surface area contributed by atoms with Crippen molar-refractivity contribution in [2.24, 2.45) is 0 Å². The van der Waals surface area contributed by atoms with Crippen LogP contribution in [0.3, 0.4) is 0 Å². The predicted molar refractivity (Wildman–Crippen MR) is 58.3 cm³/mol.